The van der Waals surface area contributed by atoms with Gasteiger partial charge in [0.1, 0.15) is 17.3 Å². The summed E-state index contributed by atoms with van der Waals surface area (Å²) in [6, 6.07) is 8.30. The van der Waals surface area contributed by atoms with Gasteiger partial charge in [-0.15, -0.1) is 0 Å². The summed E-state index contributed by atoms with van der Waals surface area (Å²) in [5.41, 5.74) is 1.21. The number of carbonyl (C=O) groups excluding carboxylic acids is 1. The van der Waals surface area contributed by atoms with Crippen LogP contribution in [0.4, 0.5) is 10.2 Å². The van der Waals surface area contributed by atoms with Crippen LogP contribution in [0.2, 0.25) is 0 Å². The quantitative estimate of drug-likeness (QED) is 0.608. The molecule has 1 aromatic carbocycles. The average molecular weight is 421 g/mol. The van der Waals surface area contributed by atoms with Gasteiger partial charge in [0.2, 0.25) is 11.8 Å². The summed E-state index contributed by atoms with van der Waals surface area (Å²) in [5.74, 6) is 1.86. The number of fused-ring (bicyclic) bond motifs is 1. The van der Waals surface area contributed by atoms with E-state index in [2.05, 4.69) is 10.1 Å². The zero-order chi connectivity index (χ0) is 21.8. The largest absolute Gasteiger partial charge is 0.481 e. The first-order valence-corrected chi connectivity index (χ1v) is 10.4. The Morgan fingerprint density at radius 1 is 1.26 bits per heavy atom. The molecular weight excluding hydrogens is 397 g/mol. The molecule has 3 aromatic rings. The summed E-state index contributed by atoms with van der Waals surface area (Å²) in [6.45, 7) is 4.74. The second kappa shape index (κ2) is 7.14. The molecule has 0 unspecified atom stereocenters. The van der Waals surface area contributed by atoms with Crippen LogP contribution in [0.25, 0.3) is 11.5 Å². The van der Waals surface area contributed by atoms with Crippen LogP contribution in [0.1, 0.15) is 37.8 Å². The van der Waals surface area contributed by atoms with E-state index in [4.69, 9.17) is 9.72 Å². The molecule has 160 valence electrons. The summed E-state index contributed by atoms with van der Waals surface area (Å²) < 4.78 is 21.1. The molecule has 1 aliphatic heterocycles. The normalized spacial score (nSPS) is 17.2. The Balaban J connectivity index is 1.51. The van der Waals surface area contributed by atoms with E-state index >= 15 is 0 Å². The Morgan fingerprint density at radius 3 is 2.74 bits per heavy atom. The molecule has 1 saturated carbocycles. The Labute approximate surface area is 179 Å². The molecule has 1 amide bonds. The Bertz CT molecular complexity index is 1170. The van der Waals surface area contributed by atoms with Gasteiger partial charge in [-0.1, -0.05) is 18.2 Å². The molecule has 0 spiro atoms. The first-order chi connectivity index (χ1) is 14.9. The molecule has 0 bridgehead atoms. The highest BCUT2D eigenvalue weighted by atomic mass is 19.1. The zero-order valence-electron chi connectivity index (χ0n) is 17.8. The fourth-order valence-electron chi connectivity index (χ4n) is 3.99. The van der Waals surface area contributed by atoms with Gasteiger partial charge in [0, 0.05) is 29.9 Å². The minimum atomic E-state index is -0.648. The molecule has 0 N–H and O–H groups in total. The predicted molar refractivity (Wildman–Crippen MR) is 113 cm³/mol. The van der Waals surface area contributed by atoms with E-state index in [0.29, 0.717) is 41.2 Å². The Hall–Kier alpha value is -3.29. The highest BCUT2D eigenvalue weighted by Crippen LogP contribution is 2.43. The lowest BCUT2D eigenvalue weighted by Crippen LogP contribution is -2.37. The summed E-state index contributed by atoms with van der Waals surface area (Å²) in [7, 11) is 1.54. The molecule has 0 saturated heterocycles. The summed E-state index contributed by atoms with van der Waals surface area (Å²) in [6.07, 6.45) is 4.02. The maximum Gasteiger partial charge on any atom is 0.238 e. The van der Waals surface area contributed by atoms with Gasteiger partial charge in [-0.05, 0) is 38.7 Å². The molecular formula is C23H24FN5O2. The first kappa shape index (κ1) is 19.7. The zero-order valence-corrected chi connectivity index (χ0v) is 17.8. The SMILES string of the molecule is COc1cc(-c2ncc3c(n2)N(CC2CC2)C(=O)C3(C)C)nn1Cc1ccccc1F. The van der Waals surface area contributed by atoms with Gasteiger partial charge < -0.3 is 4.74 Å². The standard InChI is InChI=1S/C23H24FN5O2/c1-23(2)16-11-25-20(26-21(16)28(22(23)30)12-14-8-9-14)18-10-19(31-3)29(27-18)13-15-6-4-5-7-17(15)24/h4-7,10-11,14H,8-9,12-13H2,1-3H3. The number of aromatic nitrogens is 4. The lowest BCUT2D eigenvalue weighted by Gasteiger charge is -2.19. The lowest BCUT2D eigenvalue weighted by atomic mass is 9.88. The maximum absolute atomic E-state index is 14.1. The van der Waals surface area contributed by atoms with Crippen molar-refractivity contribution in [2.75, 3.05) is 18.6 Å². The van der Waals surface area contributed by atoms with Crippen LogP contribution >= 0.6 is 0 Å². The number of hydrogen-bond donors (Lipinski definition) is 0. The second-order valence-electron chi connectivity index (χ2n) is 8.74. The molecule has 0 radical (unpaired) electrons. The summed E-state index contributed by atoms with van der Waals surface area (Å²) in [4.78, 5) is 24.0. The number of methoxy groups -OCH3 is 1. The van der Waals surface area contributed by atoms with Crippen molar-refractivity contribution in [2.24, 2.45) is 5.92 Å². The second-order valence-corrected chi connectivity index (χ2v) is 8.74. The van der Waals surface area contributed by atoms with E-state index in [9.17, 15) is 9.18 Å². The topological polar surface area (TPSA) is 73.1 Å². The Morgan fingerprint density at radius 2 is 2.03 bits per heavy atom. The van der Waals surface area contributed by atoms with Crippen LogP contribution in [0.5, 0.6) is 5.88 Å². The molecule has 8 heteroatoms. The number of rotatable bonds is 6. The first-order valence-electron chi connectivity index (χ1n) is 10.4. The number of halogens is 1. The maximum atomic E-state index is 14.1. The third kappa shape index (κ3) is 3.36. The van der Waals surface area contributed by atoms with E-state index in [-0.39, 0.29) is 18.3 Å². The molecule has 7 nitrogen and oxygen atoms in total. The van der Waals surface area contributed by atoms with Crippen molar-refractivity contribution < 1.29 is 13.9 Å². The van der Waals surface area contributed by atoms with Crippen molar-refractivity contribution in [2.45, 2.75) is 38.6 Å². The molecule has 31 heavy (non-hydrogen) atoms. The number of benzene rings is 1. The van der Waals surface area contributed by atoms with Gasteiger partial charge in [-0.3, -0.25) is 9.69 Å². The number of carbonyl (C=O) groups is 1. The smallest absolute Gasteiger partial charge is 0.238 e. The van der Waals surface area contributed by atoms with Gasteiger partial charge in [0.25, 0.3) is 0 Å². The molecule has 1 fully saturated rings. The lowest BCUT2D eigenvalue weighted by molar-refractivity contribution is -0.122. The molecule has 2 aliphatic rings. The average Bonchev–Trinajstić information content (AvgIpc) is 3.46. The van der Waals surface area contributed by atoms with E-state index < -0.39 is 5.41 Å². The third-order valence-corrected chi connectivity index (χ3v) is 6.07. The van der Waals surface area contributed by atoms with Crippen LogP contribution in [0.15, 0.2) is 36.5 Å². The van der Waals surface area contributed by atoms with Gasteiger partial charge in [-0.2, -0.15) is 5.10 Å². The minimum Gasteiger partial charge on any atom is -0.481 e. The van der Waals surface area contributed by atoms with Gasteiger partial charge in [0.15, 0.2) is 5.82 Å². The van der Waals surface area contributed by atoms with E-state index in [0.717, 1.165) is 18.4 Å². The highest BCUT2D eigenvalue weighted by molar-refractivity contribution is 6.06. The molecule has 3 heterocycles. The van der Waals surface area contributed by atoms with Crippen LogP contribution in [-0.4, -0.2) is 39.3 Å². The van der Waals surface area contributed by atoms with Crippen LogP contribution in [-0.2, 0) is 16.8 Å². The van der Waals surface area contributed by atoms with Crippen molar-refractivity contribution in [1.29, 1.82) is 0 Å². The van der Waals surface area contributed by atoms with E-state index in [1.54, 1.807) is 47.2 Å². The van der Waals surface area contributed by atoms with Crippen LogP contribution in [0.3, 0.4) is 0 Å². The van der Waals surface area contributed by atoms with Crippen molar-refractivity contribution >= 4 is 11.7 Å². The van der Waals surface area contributed by atoms with Crippen molar-refractivity contribution in [3.8, 4) is 17.4 Å². The van der Waals surface area contributed by atoms with Crippen molar-refractivity contribution in [3.63, 3.8) is 0 Å². The predicted octanol–water partition coefficient (Wildman–Crippen LogP) is 3.57. The fraction of sp³-hybridized carbons (Fsp3) is 0.391. The third-order valence-electron chi connectivity index (χ3n) is 6.07. The molecule has 5 rings (SSSR count). The number of ether oxygens (including phenoxy) is 1. The fourth-order valence-corrected chi connectivity index (χ4v) is 3.99. The monoisotopic (exact) mass is 421 g/mol. The summed E-state index contributed by atoms with van der Waals surface area (Å²) in [5, 5.41) is 4.56. The van der Waals surface area contributed by atoms with E-state index in [1.165, 1.54) is 6.07 Å². The van der Waals surface area contributed by atoms with Crippen molar-refractivity contribution in [1.82, 2.24) is 19.7 Å². The summed E-state index contributed by atoms with van der Waals surface area (Å²) >= 11 is 0. The highest BCUT2D eigenvalue weighted by Gasteiger charge is 2.47. The van der Waals surface area contributed by atoms with Crippen LogP contribution in [0, 0.1) is 11.7 Å². The van der Waals surface area contributed by atoms with Crippen molar-refractivity contribution in [3.05, 3.63) is 53.5 Å². The number of hydrogen-bond acceptors (Lipinski definition) is 5. The molecule has 2 aromatic heterocycles. The van der Waals surface area contributed by atoms with Crippen LogP contribution < -0.4 is 9.64 Å². The molecule has 0 atom stereocenters. The number of anilines is 1. The number of amides is 1. The van der Waals surface area contributed by atoms with Gasteiger partial charge in [0.05, 0.1) is 19.1 Å². The van der Waals surface area contributed by atoms with Gasteiger partial charge >= 0.3 is 0 Å². The number of nitrogens with zero attached hydrogens (tertiary/aromatic N) is 5. The van der Waals surface area contributed by atoms with Gasteiger partial charge in [-0.25, -0.2) is 19.0 Å². The molecule has 1 aliphatic carbocycles. The van der Waals surface area contributed by atoms with E-state index in [1.807, 2.05) is 13.8 Å². The minimum absolute atomic E-state index is 0.0588. The Kier molecular flexibility index (Phi) is 4.53.